The van der Waals surface area contributed by atoms with Crippen molar-refractivity contribution in [2.24, 2.45) is 11.3 Å². The molecule has 2 aromatic rings. The van der Waals surface area contributed by atoms with Crippen LogP contribution in [-0.2, 0) is 17.6 Å². The monoisotopic (exact) mass is 470 g/mol. The number of nitrogens with zero attached hydrogens (tertiary/aromatic N) is 4. The zero-order valence-corrected chi connectivity index (χ0v) is 21.9. The maximum atomic E-state index is 12.9. The number of rotatable bonds is 7. The van der Waals surface area contributed by atoms with Gasteiger partial charge in [0.1, 0.15) is 11.6 Å². The number of aryl methyl sites for hydroxylation is 2. The first kappa shape index (κ1) is 25.5. The fraction of sp³-hybridized carbons (Fsp3) is 0.593. The van der Waals surface area contributed by atoms with Crippen LogP contribution in [0.15, 0.2) is 24.3 Å². The molecule has 0 radical (unpaired) electrons. The second kappa shape index (κ2) is 10.9. The van der Waals surface area contributed by atoms with Gasteiger partial charge in [0.05, 0.1) is 0 Å². The average Bonchev–Trinajstić information content (AvgIpc) is 2.74. The van der Waals surface area contributed by atoms with E-state index < -0.39 is 0 Å². The summed E-state index contributed by atoms with van der Waals surface area (Å²) < 4.78 is 0. The van der Waals surface area contributed by atoms with Crippen LogP contribution in [0.1, 0.15) is 70.1 Å². The average molecular weight is 471 g/mol. The predicted octanol–water partition coefficient (Wildman–Crippen LogP) is 5.70. The third-order valence-electron chi connectivity index (χ3n) is 6.23. The highest BCUT2D eigenvalue weighted by Crippen LogP contribution is 2.28. The number of aromatic nitrogens is 2. The fourth-order valence-corrected chi connectivity index (χ4v) is 5.02. The molecule has 180 valence electrons. The zero-order valence-electron chi connectivity index (χ0n) is 21.1. The Bertz CT molecular complexity index is 944. The molecule has 3 rings (SSSR count). The van der Waals surface area contributed by atoms with Crippen molar-refractivity contribution in [3.8, 4) is 0 Å². The van der Waals surface area contributed by atoms with E-state index in [1.807, 2.05) is 24.0 Å². The van der Waals surface area contributed by atoms with Gasteiger partial charge in [-0.15, -0.1) is 0 Å². The van der Waals surface area contributed by atoms with Crippen molar-refractivity contribution in [3.63, 3.8) is 0 Å². The number of carbonyl (C=O) groups excluding carboxylic acids is 1. The predicted molar refractivity (Wildman–Crippen MR) is 137 cm³/mol. The molecule has 1 saturated heterocycles. The van der Waals surface area contributed by atoms with E-state index in [1.165, 1.54) is 11.1 Å². The highest BCUT2D eigenvalue weighted by atomic mass is 35.5. The Balaban J connectivity index is 1.72. The first-order valence-corrected chi connectivity index (χ1v) is 12.6. The number of anilines is 1. The van der Waals surface area contributed by atoms with Crippen LogP contribution in [-0.4, -0.2) is 47.0 Å². The van der Waals surface area contributed by atoms with Crippen LogP contribution < -0.4 is 4.90 Å². The van der Waals surface area contributed by atoms with Crippen LogP contribution >= 0.6 is 11.6 Å². The molecular weight excluding hydrogens is 432 g/mol. The van der Waals surface area contributed by atoms with E-state index in [2.05, 4.69) is 51.7 Å². The van der Waals surface area contributed by atoms with Crippen LogP contribution in [0.25, 0.3) is 0 Å². The van der Waals surface area contributed by atoms with Gasteiger partial charge < -0.3 is 9.80 Å². The van der Waals surface area contributed by atoms with Crippen molar-refractivity contribution >= 4 is 23.3 Å². The van der Waals surface area contributed by atoms with Gasteiger partial charge in [0, 0.05) is 55.3 Å². The minimum atomic E-state index is 0.251. The Morgan fingerprint density at radius 1 is 1.09 bits per heavy atom. The van der Waals surface area contributed by atoms with Gasteiger partial charge in [-0.1, -0.05) is 58.4 Å². The molecule has 0 N–H and O–H groups in total. The Kier molecular flexibility index (Phi) is 8.38. The molecule has 5 nitrogen and oxygen atoms in total. The largest absolute Gasteiger partial charge is 0.353 e. The second-order valence-electron chi connectivity index (χ2n) is 10.6. The van der Waals surface area contributed by atoms with Crippen LogP contribution in [0.3, 0.4) is 0 Å². The topological polar surface area (TPSA) is 49.3 Å². The van der Waals surface area contributed by atoms with Crippen LogP contribution in [0, 0.1) is 18.3 Å². The van der Waals surface area contributed by atoms with E-state index in [4.69, 9.17) is 21.6 Å². The summed E-state index contributed by atoms with van der Waals surface area (Å²) in [5.74, 6) is 2.50. The van der Waals surface area contributed by atoms with E-state index in [0.717, 1.165) is 67.8 Å². The standard InChI is InChI=1S/C27H39ClN4O/c1-7-24-23(17-21-8-10-22(28)11-9-21)26(30-20(3)29-24)32-14-12-31(13-15-32)25(33)16-19(2)18-27(4,5)6/h8-11,19H,7,12-18H2,1-6H3/t19-/m1/s1. The highest BCUT2D eigenvalue weighted by Gasteiger charge is 2.26. The number of benzene rings is 1. The molecule has 33 heavy (non-hydrogen) atoms. The van der Waals surface area contributed by atoms with Gasteiger partial charge in [0.25, 0.3) is 0 Å². The van der Waals surface area contributed by atoms with Gasteiger partial charge in [-0.25, -0.2) is 9.97 Å². The van der Waals surface area contributed by atoms with E-state index in [0.29, 0.717) is 12.3 Å². The quantitative estimate of drug-likeness (QED) is 0.520. The number of hydrogen-bond donors (Lipinski definition) is 0. The van der Waals surface area contributed by atoms with E-state index in [-0.39, 0.29) is 11.3 Å². The van der Waals surface area contributed by atoms with Gasteiger partial charge in [0.15, 0.2) is 0 Å². The Morgan fingerprint density at radius 2 is 1.73 bits per heavy atom. The molecule has 1 aliphatic heterocycles. The van der Waals surface area contributed by atoms with Gasteiger partial charge in [-0.2, -0.15) is 0 Å². The molecule has 0 bridgehead atoms. The van der Waals surface area contributed by atoms with Crippen LogP contribution in [0.4, 0.5) is 5.82 Å². The minimum absolute atomic E-state index is 0.251. The number of halogens is 1. The number of piperazine rings is 1. The van der Waals surface area contributed by atoms with Crippen molar-refractivity contribution < 1.29 is 4.79 Å². The van der Waals surface area contributed by atoms with Crippen molar-refractivity contribution in [3.05, 3.63) is 51.9 Å². The molecular formula is C27H39ClN4O. The second-order valence-corrected chi connectivity index (χ2v) is 11.1. The molecule has 0 aliphatic carbocycles. The molecule has 2 heterocycles. The van der Waals surface area contributed by atoms with Crippen molar-refractivity contribution in [1.29, 1.82) is 0 Å². The van der Waals surface area contributed by atoms with E-state index in [9.17, 15) is 4.79 Å². The number of carbonyl (C=O) groups is 1. The summed E-state index contributed by atoms with van der Waals surface area (Å²) >= 11 is 6.08. The molecule has 1 fully saturated rings. The van der Waals surface area contributed by atoms with Gasteiger partial charge in [-0.05, 0) is 48.8 Å². The molecule has 1 atom stereocenters. The summed E-state index contributed by atoms with van der Waals surface area (Å²) in [4.78, 5) is 26.9. The molecule has 1 amide bonds. The lowest BCUT2D eigenvalue weighted by Crippen LogP contribution is -2.49. The summed E-state index contributed by atoms with van der Waals surface area (Å²) in [7, 11) is 0. The van der Waals surface area contributed by atoms with Gasteiger partial charge in [-0.3, -0.25) is 4.79 Å². The molecule has 6 heteroatoms. The third-order valence-corrected chi connectivity index (χ3v) is 6.48. The Labute approximate surface area is 204 Å². The van der Waals surface area contributed by atoms with Crippen molar-refractivity contribution in [2.45, 2.75) is 67.2 Å². The minimum Gasteiger partial charge on any atom is -0.353 e. The summed E-state index contributed by atoms with van der Waals surface area (Å²) in [6, 6.07) is 8.01. The summed E-state index contributed by atoms with van der Waals surface area (Å²) in [6.07, 6.45) is 3.33. The Morgan fingerprint density at radius 3 is 2.30 bits per heavy atom. The normalized spacial score (nSPS) is 15.6. The summed E-state index contributed by atoms with van der Waals surface area (Å²) in [5.41, 5.74) is 3.73. The fourth-order valence-electron chi connectivity index (χ4n) is 4.89. The molecule has 0 spiro atoms. The molecule has 1 aliphatic rings. The van der Waals surface area contributed by atoms with E-state index >= 15 is 0 Å². The first-order valence-electron chi connectivity index (χ1n) is 12.2. The van der Waals surface area contributed by atoms with Crippen LogP contribution in [0.2, 0.25) is 5.02 Å². The number of hydrogen-bond acceptors (Lipinski definition) is 4. The Hall–Kier alpha value is -2.14. The lowest BCUT2D eigenvalue weighted by atomic mass is 9.84. The smallest absolute Gasteiger partial charge is 0.222 e. The van der Waals surface area contributed by atoms with Crippen LogP contribution in [0.5, 0.6) is 0 Å². The molecule has 0 unspecified atom stereocenters. The van der Waals surface area contributed by atoms with Crippen molar-refractivity contribution in [2.75, 3.05) is 31.1 Å². The maximum absolute atomic E-state index is 12.9. The van der Waals surface area contributed by atoms with E-state index in [1.54, 1.807) is 0 Å². The maximum Gasteiger partial charge on any atom is 0.222 e. The molecule has 1 aromatic heterocycles. The molecule has 1 aromatic carbocycles. The van der Waals surface area contributed by atoms with Gasteiger partial charge in [0.2, 0.25) is 5.91 Å². The third kappa shape index (κ3) is 7.17. The molecule has 0 saturated carbocycles. The highest BCUT2D eigenvalue weighted by molar-refractivity contribution is 6.30. The lowest BCUT2D eigenvalue weighted by molar-refractivity contribution is -0.132. The first-order chi connectivity index (χ1) is 15.6. The zero-order chi connectivity index (χ0) is 24.2. The van der Waals surface area contributed by atoms with Gasteiger partial charge >= 0.3 is 0 Å². The summed E-state index contributed by atoms with van der Waals surface area (Å²) in [5, 5.41) is 0.743. The lowest BCUT2D eigenvalue weighted by Gasteiger charge is -2.37. The SMILES string of the molecule is CCc1nc(C)nc(N2CCN(C(=O)C[C@@H](C)CC(C)(C)C)CC2)c1Cc1ccc(Cl)cc1. The number of amides is 1. The van der Waals surface area contributed by atoms with Crippen molar-refractivity contribution in [1.82, 2.24) is 14.9 Å². The summed E-state index contributed by atoms with van der Waals surface area (Å²) in [6.45, 7) is 16.1.